The first kappa shape index (κ1) is 19.0. The van der Waals surface area contributed by atoms with Crippen molar-refractivity contribution in [3.8, 4) is 0 Å². The number of unbranched alkanes of at least 4 members (excludes halogenated alkanes) is 1. The number of carbonyl (C=O) groups excluding carboxylic acids is 2. The number of nitrogens with one attached hydrogen (secondary N) is 1. The van der Waals surface area contributed by atoms with E-state index in [1.54, 1.807) is 11.8 Å². The molecule has 0 bridgehead atoms. The van der Waals surface area contributed by atoms with Gasteiger partial charge in [0.05, 0.1) is 0 Å². The maximum atomic E-state index is 12.7. The first-order chi connectivity index (χ1) is 12.0. The van der Waals surface area contributed by atoms with Crippen LogP contribution < -0.4 is 5.32 Å². The summed E-state index contributed by atoms with van der Waals surface area (Å²) >= 11 is 0. The third kappa shape index (κ3) is 4.59. The highest BCUT2D eigenvalue weighted by Gasteiger charge is 2.35. The third-order valence-corrected chi connectivity index (χ3v) is 4.63. The number of aliphatic carboxylic acids is 1. The summed E-state index contributed by atoms with van der Waals surface area (Å²) in [5, 5.41) is 12.0. The molecule has 0 aliphatic carbocycles. The first-order valence-corrected chi connectivity index (χ1v) is 8.87. The Morgan fingerprint density at radius 2 is 1.92 bits per heavy atom. The van der Waals surface area contributed by atoms with E-state index in [0.29, 0.717) is 25.8 Å². The van der Waals surface area contributed by atoms with Gasteiger partial charge in [-0.25, -0.2) is 4.79 Å². The lowest BCUT2D eigenvalue weighted by molar-refractivity contribution is -0.145. The van der Waals surface area contributed by atoms with Crippen LogP contribution in [0.15, 0.2) is 24.3 Å². The van der Waals surface area contributed by atoms with E-state index in [0.717, 1.165) is 24.0 Å². The topological polar surface area (TPSA) is 86.7 Å². The van der Waals surface area contributed by atoms with Gasteiger partial charge in [-0.3, -0.25) is 9.59 Å². The van der Waals surface area contributed by atoms with Crippen LogP contribution in [0.25, 0.3) is 0 Å². The minimum Gasteiger partial charge on any atom is -0.480 e. The standard InChI is InChI=1S/C19H26N2O4/c1-3-5-10-15(19(24)25)20-18(23)16-11-13-8-6-7-9-14(13)12-21(16)17(22)4-2/h6-9,15-16H,3-5,10-12H2,1-2H3,(H,20,23)(H,24,25)/t15?,16-/m0/s1. The molecule has 1 aliphatic rings. The zero-order valence-electron chi connectivity index (χ0n) is 14.8. The van der Waals surface area contributed by atoms with Crippen LogP contribution in [0.3, 0.4) is 0 Å². The van der Waals surface area contributed by atoms with Crippen molar-refractivity contribution in [1.82, 2.24) is 10.2 Å². The summed E-state index contributed by atoms with van der Waals surface area (Å²) in [6, 6.07) is 6.16. The average Bonchev–Trinajstić information content (AvgIpc) is 2.62. The third-order valence-electron chi connectivity index (χ3n) is 4.63. The number of hydrogen-bond donors (Lipinski definition) is 2. The summed E-state index contributed by atoms with van der Waals surface area (Å²) in [6.07, 6.45) is 2.69. The van der Waals surface area contributed by atoms with Crippen molar-refractivity contribution in [2.45, 2.75) is 64.6 Å². The minimum atomic E-state index is -1.04. The Morgan fingerprint density at radius 1 is 1.24 bits per heavy atom. The van der Waals surface area contributed by atoms with E-state index in [2.05, 4.69) is 5.32 Å². The molecule has 2 atom stereocenters. The van der Waals surface area contributed by atoms with Crippen LogP contribution in [0.1, 0.15) is 50.7 Å². The Morgan fingerprint density at radius 3 is 2.52 bits per heavy atom. The van der Waals surface area contributed by atoms with Crippen molar-refractivity contribution >= 4 is 17.8 Å². The van der Waals surface area contributed by atoms with Crippen molar-refractivity contribution in [1.29, 1.82) is 0 Å². The summed E-state index contributed by atoms with van der Waals surface area (Å²) in [7, 11) is 0. The maximum Gasteiger partial charge on any atom is 0.326 e. The van der Waals surface area contributed by atoms with Gasteiger partial charge < -0.3 is 15.3 Å². The number of carbonyl (C=O) groups is 3. The van der Waals surface area contributed by atoms with Gasteiger partial charge in [-0.1, -0.05) is 51.0 Å². The van der Waals surface area contributed by atoms with Gasteiger partial charge in [-0.05, 0) is 17.5 Å². The van der Waals surface area contributed by atoms with Gasteiger partial charge in [-0.2, -0.15) is 0 Å². The van der Waals surface area contributed by atoms with Gasteiger partial charge >= 0.3 is 5.97 Å². The molecule has 0 saturated heterocycles. The monoisotopic (exact) mass is 346 g/mol. The Hall–Kier alpha value is -2.37. The lowest BCUT2D eigenvalue weighted by Crippen LogP contribution is -2.55. The molecule has 136 valence electrons. The molecule has 0 fully saturated rings. The van der Waals surface area contributed by atoms with Crippen LogP contribution in [-0.2, 0) is 27.3 Å². The molecule has 0 spiro atoms. The summed E-state index contributed by atoms with van der Waals surface area (Å²) in [6.45, 7) is 4.12. The lowest BCUT2D eigenvalue weighted by Gasteiger charge is -2.36. The number of nitrogens with zero attached hydrogens (tertiary/aromatic N) is 1. The zero-order chi connectivity index (χ0) is 18.4. The molecule has 2 amide bonds. The number of hydrogen-bond acceptors (Lipinski definition) is 3. The van der Waals surface area contributed by atoms with E-state index in [9.17, 15) is 19.5 Å². The molecular weight excluding hydrogens is 320 g/mol. The van der Waals surface area contributed by atoms with Crippen molar-refractivity contribution in [2.75, 3.05) is 0 Å². The van der Waals surface area contributed by atoms with Gasteiger partial charge in [0, 0.05) is 19.4 Å². The minimum absolute atomic E-state index is 0.102. The van der Waals surface area contributed by atoms with E-state index in [1.165, 1.54) is 0 Å². The average molecular weight is 346 g/mol. The molecule has 6 heteroatoms. The first-order valence-electron chi connectivity index (χ1n) is 8.87. The quantitative estimate of drug-likeness (QED) is 0.792. The van der Waals surface area contributed by atoms with Crippen LogP contribution in [-0.4, -0.2) is 39.9 Å². The van der Waals surface area contributed by atoms with Gasteiger partial charge in [-0.15, -0.1) is 0 Å². The Kier molecular flexibility index (Phi) is 6.56. The van der Waals surface area contributed by atoms with Gasteiger partial charge in [0.25, 0.3) is 0 Å². The molecule has 0 radical (unpaired) electrons. The van der Waals surface area contributed by atoms with Gasteiger partial charge in [0.1, 0.15) is 12.1 Å². The molecular formula is C19H26N2O4. The van der Waals surface area contributed by atoms with E-state index < -0.39 is 18.1 Å². The molecule has 25 heavy (non-hydrogen) atoms. The fourth-order valence-electron chi connectivity index (χ4n) is 3.16. The second-order valence-corrected chi connectivity index (χ2v) is 6.41. The number of carboxylic acid groups (broad SMARTS) is 1. The summed E-state index contributed by atoms with van der Waals surface area (Å²) in [5.41, 5.74) is 2.07. The zero-order valence-corrected chi connectivity index (χ0v) is 14.8. The molecule has 6 nitrogen and oxygen atoms in total. The highest BCUT2D eigenvalue weighted by Crippen LogP contribution is 2.24. The molecule has 1 aromatic rings. The van der Waals surface area contributed by atoms with Crippen molar-refractivity contribution in [3.63, 3.8) is 0 Å². The highest BCUT2D eigenvalue weighted by atomic mass is 16.4. The highest BCUT2D eigenvalue weighted by molar-refractivity contribution is 5.91. The van der Waals surface area contributed by atoms with Crippen molar-refractivity contribution < 1.29 is 19.5 Å². The van der Waals surface area contributed by atoms with Crippen molar-refractivity contribution in [3.05, 3.63) is 35.4 Å². The second kappa shape index (κ2) is 8.65. The lowest BCUT2D eigenvalue weighted by atomic mass is 9.93. The number of amides is 2. The molecule has 0 aromatic heterocycles. The van der Waals surface area contributed by atoms with Crippen LogP contribution in [0.5, 0.6) is 0 Å². The van der Waals surface area contributed by atoms with E-state index in [4.69, 9.17) is 0 Å². The normalized spacial score (nSPS) is 17.5. The number of benzene rings is 1. The fourth-order valence-corrected chi connectivity index (χ4v) is 3.16. The summed E-state index contributed by atoms with van der Waals surface area (Å²) < 4.78 is 0. The molecule has 2 rings (SSSR count). The molecule has 2 N–H and O–H groups in total. The second-order valence-electron chi connectivity index (χ2n) is 6.41. The molecule has 1 unspecified atom stereocenters. The largest absolute Gasteiger partial charge is 0.480 e. The maximum absolute atomic E-state index is 12.7. The summed E-state index contributed by atoms with van der Waals surface area (Å²) in [5.74, 6) is -1.53. The fraction of sp³-hybridized carbons (Fsp3) is 0.526. The van der Waals surface area contributed by atoms with E-state index in [1.807, 2.05) is 31.2 Å². The molecule has 0 saturated carbocycles. The number of carboxylic acids is 1. The van der Waals surface area contributed by atoms with Gasteiger partial charge in [0.15, 0.2) is 0 Å². The SMILES string of the molecule is CCCCC(NC(=O)[C@@H]1Cc2ccccc2CN1C(=O)CC)C(=O)O. The van der Waals surface area contributed by atoms with Crippen LogP contribution in [0.2, 0.25) is 0 Å². The Balaban J connectivity index is 2.19. The summed E-state index contributed by atoms with van der Waals surface area (Å²) in [4.78, 5) is 38.0. The van der Waals surface area contributed by atoms with Crippen LogP contribution in [0, 0.1) is 0 Å². The van der Waals surface area contributed by atoms with E-state index >= 15 is 0 Å². The molecule has 1 aromatic carbocycles. The number of rotatable bonds is 7. The predicted octanol–water partition coefficient (Wildman–Crippen LogP) is 2.11. The Labute approximate surface area is 148 Å². The van der Waals surface area contributed by atoms with E-state index in [-0.39, 0.29) is 11.8 Å². The molecule has 1 heterocycles. The predicted molar refractivity (Wildman–Crippen MR) is 93.9 cm³/mol. The smallest absolute Gasteiger partial charge is 0.326 e. The van der Waals surface area contributed by atoms with Gasteiger partial charge in [0.2, 0.25) is 11.8 Å². The Bertz CT molecular complexity index is 644. The van der Waals surface area contributed by atoms with Crippen LogP contribution >= 0.6 is 0 Å². The van der Waals surface area contributed by atoms with Crippen LogP contribution in [0.4, 0.5) is 0 Å². The molecule has 1 aliphatic heterocycles. The number of fused-ring (bicyclic) bond motifs is 1. The van der Waals surface area contributed by atoms with Crippen molar-refractivity contribution in [2.24, 2.45) is 0 Å².